The molecule has 0 saturated carbocycles. The van der Waals surface area contributed by atoms with Crippen molar-refractivity contribution in [1.29, 1.82) is 0 Å². The van der Waals surface area contributed by atoms with E-state index in [1.165, 1.54) is 19.3 Å². The summed E-state index contributed by atoms with van der Waals surface area (Å²) < 4.78 is 25.1. The highest BCUT2D eigenvalue weighted by Crippen LogP contribution is 2.11. The van der Waals surface area contributed by atoms with E-state index in [1.54, 1.807) is 6.07 Å². The van der Waals surface area contributed by atoms with Gasteiger partial charge in [0.1, 0.15) is 4.90 Å². The highest BCUT2D eigenvalue weighted by molar-refractivity contribution is 7.89. The second-order valence-electron chi connectivity index (χ2n) is 4.23. The first-order valence-electron chi connectivity index (χ1n) is 5.18. The van der Waals surface area contributed by atoms with Gasteiger partial charge in [-0.15, -0.1) is 0 Å². The first-order valence-corrected chi connectivity index (χ1v) is 6.66. The maximum atomic E-state index is 11.5. The largest absolute Gasteiger partial charge is 0.329 e. The molecule has 0 aromatic carbocycles. The van der Waals surface area contributed by atoms with Gasteiger partial charge in [-0.05, 0) is 26.1 Å². The molecule has 0 fully saturated rings. The van der Waals surface area contributed by atoms with Crippen LogP contribution in [0.15, 0.2) is 23.2 Å². The molecule has 6 nitrogen and oxygen atoms in total. The molecule has 0 aliphatic rings. The number of hydrogen-bond acceptors (Lipinski definition) is 5. The monoisotopic (exact) mass is 258 g/mol. The minimum absolute atomic E-state index is 0.134. The zero-order valence-electron chi connectivity index (χ0n) is 9.97. The van der Waals surface area contributed by atoms with E-state index < -0.39 is 15.6 Å². The number of nitrogens with one attached hydrogen (secondary N) is 1. The van der Waals surface area contributed by atoms with Crippen LogP contribution in [0.3, 0.4) is 0 Å². The van der Waals surface area contributed by atoms with Crippen molar-refractivity contribution in [2.75, 3.05) is 13.6 Å². The number of nitrogens with two attached hydrogens (primary N) is 2. The lowest BCUT2D eigenvalue weighted by Crippen LogP contribution is -2.46. The quantitative estimate of drug-likeness (QED) is 0.641. The van der Waals surface area contributed by atoms with Crippen LogP contribution in [0.25, 0.3) is 0 Å². The van der Waals surface area contributed by atoms with E-state index in [0.29, 0.717) is 13.0 Å². The fourth-order valence-corrected chi connectivity index (χ4v) is 1.95. The van der Waals surface area contributed by atoms with Gasteiger partial charge < -0.3 is 11.5 Å². The predicted molar refractivity (Wildman–Crippen MR) is 65.8 cm³/mol. The maximum Gasteiger partial charge on any atom is 0.241 e. The molecule has 1 rings (SSSR count). The molecule has 0 aliphatic carbocycles. The minimum atomic E-state index is -3.43. The molecule has 1 unspecified atom stereocenters. The number of pyridine rings is 1. The number of aromatic nitrogens is 1. The molecule has 0 aliphatic heterocycles. The third-order valence-corrected chi connectivity index (χ3v) is 3.83. The van der Waals surface area contributed by atoms with Crippen LogP contribution in [0.2, 0.25) is 0 Å². The molecule has 0 amide bonds. The van der Waals surface area contributed by atoms with Crippen molar-refractivity contribution in [2.24, 2.45) is 11.5 Å². The van der Waals surface area contributed by atoms with Crippen LogP contribution in [0.1, 0.15) is 12.6 Å². The summed E-state index contributed by atoms with van der Waals surface area (Å²) in [6.07, 6.45) is 1.82. The molecule has 1 atom stereocenters. The Balaban J connectivity index is 2.90. The summed E-state index contributed by atoms with van der Waals surface area (Å²) in [6.45, 7) is 2.16. The van der Waals surface area contributed by atoms with Gasteiger partial charge in [0, 0.05) is 30.4 Å². The Morgan fingerprint density at radius 1 is 1.47 bits per heavy atom. The molecule has 7 heteroatoms. The molecular weight excluding hydrogens is 240 g/mol. The Hall–Kier alpha value is -1.02. The number of rotatable bonds is 5. The molecule has 17 heavy (non-hydrogen) atoms. The smallest absolute Gasteiger partial charge is 0.241 e. The summed E-state index contributed by atoms with van der Waals surface area (Å²) in [5, 5.41) is 0. The SMILES string of the molecule is CNS(=O)(=O)c1ccc(CC(C)(N)CN)nc1. The summed E-state index contributed by atoms with van der Waals surface area (Å²) in [7, 11) is -2.08. The Morgan fingerprint density at radius 3 is 2.53 bits per heavy atom. The van der Waals surface area contributed by atoms with Crippen LogP contribution in [0, 0.1) is 0 Å². The summed E-state index contributed by atoms with van der Waals surface area (Å²) in [5.41, 5.74) is 11.6. The van der Waals surface area contributed by atoms with Gasteiger partial charge in [-0.25, -0.2) is 13.1 Å². The van der Waals surface area contributed by atoms with Crippen LogP contribution in [-0.2, 0) is 16.4 Å². The van der Waals surface area contributed by atoms with Crippen LogP contribution >= 0.6 is 0 Å². The Morgan fingerprint density at radius 2 is 2.12 bits per heavy atom. The van der Waals surface area contributed by atoms with Crippen molar-refractivity contribution in [3.8, 4) is 0 Å². The van der Waals surface area contributed by atoms with Crippen molar-refractivity contribution >= 4 is 10.0 Å². The number of sulfonamides is 1. The molecule has 0 spiro atoms. The van der Waals surface area contributed by atoms with Gasteiger partial charge in [0.05, 0.1) is 0 Å². The van der Waals surface area contributed by atoms with E-state index in [9.17, 15) is 8.42 Å². The fourth-order valence-electron chi connectivity index (χ4n) is 1.28. The number of hydrogen-bond donors (Lipinski definition) is 3. The van der Waals surface area contributed by atoms with E-state index >= 15 is 0 Å². The van der Waals surface area contributed by atoms with Gasteiger partial charge >= 0.3 is 0 Å². The average molecular weight is 258 g/mol. The molecule has 0 bridgehead atoms. The molecule has 1 aromatic rings. The van der Waals surface area contributed by atoms with Crippen molar-refractivity contribution in [3.05, 3.63) is 24.0 Å². The summed E-state index contributed by atoms with van der Waals surface area (Å²) >= 11 is 0. The third kappa shape index (κ3) is 3.74. The average Bonchev–Trinajstić information content (AvgIpc) is 2.29. The zero-order chi connectivity index (χ0) is 13.1. The van der Waals surface area contributed by atoms with Gasteiger partial charge in [-0.2, -0.15) is 0 Å². The second-order valence-corrected chi connectivity index (χ2v) is 6.11. The topological polar surface area (TPSA) is 111 Å². The van der Waals surface area contributed by atoms with Crippen LogP contribution < -0.4 is 16.2 Å². The summed E-state index contributed by atoms with van der Waals surface area (Å²) in [5.74, 6) is 0. The lowest BCUT2D eigenvalue weighted by Gasteiger charge is -2.21. The van der Waals surface area contributed by atoms with Crippen LogP contribution in [0.4, 0.5) is 0 Å². The Kier molecular flexibility index (Phi) is 4.21. The lowest BCUT2D eigenvalue weighted by atomic mass is 9.97. The zero-order valence-corrected chi connectivity index (χ0v) is 10.8. The first kappa shape index (κ1) is 14.0. The molecule has 5 N–H and O–H groups in total. The molecular formula is C10H18N4O2S. The highest BCUT2D eigenvalue weighted by Gasteiger charge is 2.18. The first-order chi connectivity index (χ1) is 7.80. The van der Waals surface area contributed by atoms with Gasteiger partial charge in [0.2, 0.25) is 10.0 Å². The third-order valence-electron chi connectivity index (χ3n) is 2.43. The molecule has 0 saturated heterocycles. The molecule has 1 aromatic heterocycles. The molecule has 96 valence electrons. The van der Waals surface area contributed by atoms with Crippen molar-refractivity contribution < 1.29 is 8.42 Å². The van der Waals surface area contributed by atoms with Gasteiger partial charge in [0.15, 0.2) is 0 Å². The maximum absolute atomic E-state index is 11.5. The van der Waals surface area contributed by atoms with E-state index in [1.807, 2.05) is 6.92 Å². The predicted octanol–water partition coefficient (Wildman–Crippen LogP) is -0.792. The van der Waals surface area contributed by atoms with Crippen molar-refractivity contribution in [3.63, 3.8) is 0 Å². The standard InChI is InChI=1S/C10H18N4O2S/c1-10(12,7-11)5-8-3-4-9(6-14-8)17(15,16)13-2/h3-4,6,13H,5,7,11-12H2,1-2H3. The minimum Gasteiger partial charge on any atom is -0.329 e. The van der Waals surface area contributed by atoms with Crippen molar-refractivity contribution in [1.82, 2.24) is 9.71 Å². The molecule has 0 radical (unpaired) electrons. The van der Waals surface area contributed by atoms with E-state index in [-0.39, 0.29) is 4.90 Å². The van der Waals surface area contributed by atoms with Crippen LogP contribution in [-0.4, -0.2) is 32.5 Å². The molecule has 1 heterocycles. The Bertz CT molecular complexity index is 468. The van der Waals surface area contributed by atoms with E-state index in [2.05, 4.69) is 9.71 Å². The van der Waals surface area contributed by atoms with Gasteiger partial charge in [-0.1, -0.05) is 0 Å². The fraction of sp³-hybridized carbons (Fsp3) is 0.500. The summed E-state index contributed by atoms with van der Waals surface area (Å²) in [6, 6.07) is 3.14. The highest BCUT2D eigenvalue weighted by atomic mass is 32.2. The Labute approximate surface area is 101 Å². The van der Waals surface area contributed by atoms with Crippen LogP contribution in [0.5, 0.6) is 0 Å². The van der Waals surface area contributed by atoms with Gasteiger partial charge in [-0.3, -0.25) is 4.98 Å². The van der Waals surface area contributed by atoms with E-state index in [4.69, 9.17) is 11.5 Å². The normalized spacial score (nSPS) is 15.5. The lowest BCUT2D eigenvalue weighted by molar-refractivity contribution is 0.472. The second kappa shape index (κ2) is 5.09. The van der Waals surface area contributed by atoms with Crippen molar-refractivity contribution in [2.45, 2.75) is 23.8 Å². The summed E-state index contributed by atoms with van der Waals surface area (Å²) in [4.78, 5) is 4.21. The number of nitrogens with zero attached hydrogens (tertiary/aromatic N) is 1. The van der Waals surface area contributed by atoms with E-state index in [0.717, 1.165) is 5.69 Å². The van der Waals surface area contributed by atoms with Gasteiger partial charge in [0.25, 0.3) is 0 Å².